The molecule has 1 rings (SSSR count). The molecule has 0 fully saturated rings. The van der Waals surface area contributed by atoms with Crippen LogP contribution >= 0.6 is 11.6 Å². The summed E-state index contributed by atoms with van der Waals surface area (Å²) in [7, 11) is 1.54. The molecule has 0 bridgehead atoms. The summed E-state index contributed by atoms with van der Waals surface area (Å²) >= 11 is 6.01. The number of carbonyl (C=O) groups excluding carboxylic acids is 2. The molecule has 0 aliphatic rings. The molecule has 0 aliphatic carbocycles. The fourth-order valence-electron chi connectivity index (χ4n) is 1.74. The van der Waals surface area contributed by atoms with Gasteiger partial charge in [0.15, 0.2) is 0 Å². The summed E-state index contributed by atoms with van der Waals surface area (Å²) in [5.74, 6) is -0.672. The van der Waals surface area contributed by atoms with Gasteiger partial charge < -0.3 is 19.7 Å². The average molecular weight is 329 g/mol. The highest BCUT2D eigenvalue weighted by Gasteiger charge is 2.17. The van der Waals surface area contributed by atoms with Crippen molar-refractivity contribution < 1.29 is 19.1 Å². The van der Waals surface area contributed by atoms with Crippen molar-refractivity contribution in [2.24, 2.45) is 0 Å². The Labute approximate surface area is 135 Å². The van der Waals surface area contributed by atoms with E-state index in [-0.39, 0.29) is 25.6 Å². The van der Waals surface area contributed by atoms with E-state index in [1.54, 1.807) is 25.1 Å². The molecule has 1 aromatic rings. The van der Waals surface area contributed by atoms with Crippen LogP contribution in [0.1, 0.15) is 6.92 Å². The maximum absolute atomic E-state index is 12.2. The number of rotatable bonds is 9. The minimum Gasteiger partial charge on any atom is -0.465 e. The lowest BCUT2D eigenvalue weighted by atomic mass is 10.3. The lowest BCUT2D eigenvalue weighted by molar-refractivity contribution is -0.148. The summed E-state index contributed by atoms with van der Waals surface area (Å²) in [6.07, 6.45) is 0. The number of nitrogens with zero attached hydrogens (tertiary/aromatic N) is 1. The smallest absolute Gasteiger partial charge is 0.325 e. The zero-order valence-electron chi connectivity index (χ0n) is 12.8. The van der Waals surface area contributed by atoms with Crippen molar-refractivity contribution in [2.45, 2.75) is 6.92 Å². The van der Waals surface area contributed by atoms with Crippen molar-refractivity contribution in [2.75, 3.05) is 45.3 Å². The zero-order chi connectivity index (χ0) is 16.4. The predicted molar refractivity (Wildman–Crippen MR) is 85.0 cm³/mol. The molecule has 0 heterocycles. The number of hydrogen-bond donors (Lipinski definition) is 1. The third kappa shape index (κ3) is 6.32. The molecule has 0 unspecified atom stereocenters. The van der Waals surface area contributed by atoms with Crippen LogP contribution in [0.4, 0.5) is 5.69 Å². The van der Waals surface area contributed by atoms with Crippen LogP contribution in [-0.2, 0) is 19.1 Å². The van der Waals surface area contributed by atoms with Gasteiger partial charge in [-0.05, 0) is 19.1 Å². The Balaban J connectivity index is 2.58. The number of benzene rings is 1. The molecule has 0 radical (unpaired) electrons. The van der Waals surface area contributed by atoms with Gasteiger partial charge in [0.2, 0.25) is 5.91 Å². The quantitative estimate of drug-likeness (QED) is 0.700. The molecule has 7 heteroatoms. The first-order valence-corrected chi connectivity index (χ1v) is 7.37. The monoisotopic (exact) mass is 328 g/mol. The van der Waals surface area contributed by atoms with Gasteiger partial charge in [-0.15, -0.1) is 0 Å². The van der Waals surface area contributed by atoms with Crippen LogP contribution in [0.3, 0.4) is 0 Å². The number of ether oxygens (including phenoxy) is 2. The lowest BCUT2D eigenvalue weighted by Gasteiger charge is -2.22. The highest BCUT2D eigenvalue weighted by atomic mass is 35.5. The van der Waals surface area contributed by atoms with Gasteiger partial charge in [0, 0.05) is 13.7 Å². The molecule has 0 saturated heterocycles. The number of carbonyl (C=O) groups is 2. The molecule has 6 nitrogen and oxygen atoms in total. The third-order valence-electron chi connectivity index (χ3n) is 2.85. The minimum absolute atomic E-state index is 0.0346. The lowest BCUT2D eigenvalue weighted by Crippen LogP contribution is -2.41. The van der Waals surface area contributed by atoms with Gasteiger partial charge in [-0.3, -0.25) is 9.59 Å². The fraction of sp³-hybridized carbons (Fsp3) is 0.467. The molecule has 22 heavy (non-hydrogen) atoms. The van der Waals surface area contributed by atoms with E-state index in [0.29, 0.717) is 23.9 Å². The van der Waals surface area contributed by atoms with Crippen LogP contribution in [0.2, 0.25) is 5.02 Å². The summed E-state index contributed by atoms with van der Waals surface area (Å²) in [5, 5.41) is 3.49. The van der Waals surface area contributed by atoms with Crippen LogP contribution in [0.25, 0.3) is 0 Å². The number of esters is 1. The van der Waals surface area contributed by atoms with Gasteiger partial charge in [-0.2, -0.15) is 0 Å². The molecule has 122 valence electrons. The molecule has 0 saturated carbocycles. The number of para-hydroxylation sites is 1. The van der Waals surface area contributed by atoms with E-state index in [1.165, 1.54) is 12.0 Å². The van der Waals surface area contributed by atoms with Gasteiger partial charge in [0.25, 0.3) is 0 Å². The van der Waals surface area contributed by atoms with Crippen molar-refractivity contribution >= 4 is 29.2 Å². The standard InChI is InChI=1S/C15H21ClN2O4/c1-3-22-15(20)11-18(8-9-21-2)14(19)10-17-13-7-5-4-6-12(13)16/h4-7,17H,3,8-11H2,1-2H3. The Morgan fingerprint density at radius 1 is 1.32 bits per heavy atom. The number of amides is 1. The molecular weight excluding hydrogens is 308 g/mol. The van der Waals surface area contributed by atoms with E-state index >= 15 is 0 Å². The average Bonchev–Trinajstić information content (AvgIpc) is 2.50. The molecule has 0 aliphatic heterocycles. The molecule has 1 aromatic carbocycles. The first kappa shape index (κ1) is 18.3. The number of hydrogen-bond acceptors (Lipinski definition) is 5. The van der Waals surface area contributed by atoms with Gasteiger partial charge >= 0.3 is 5.97 Å². The molecular formula is C15H21ClN2O4. The normalized spacial score (nSPS) is 10.1. The number of methoxy groups -OCH3 is 1. The van der Waals surface area contributed by atoms with Crippen molar-refractivity contribution in [3.05, 3.63) is 29.3 Å². The Morgan fingerprint density at radius 3 is 2.68 bits per heavy atom. The Bertz CT molecular complexity index is 496. The van der Waals surface area contributed by atoms with Crippen LogP contribution in [0, 0.1) is 0 Å². The summed E-state index contributed by atoms with van der Waals surface area (Å²) < 4.78 is 9.83. The van der Waals surface area contributed by atoms with Crippen molar-refractivity contribution in [3.63, 3.8) is 0 Å². The molecule has 0 atom stereocenters. The van der Waals surface area contributed by atoms with Crippen molar-refractivity contribution in [1.29, 1.82) is 0 Å². The highest BCUT2D eigenvalue weighted by molar-refractivity contribution is 6.33. The van der Waals surface area contributed by atoms with E-state index in [0.717, 1.165) is 0 Å². The van der Waals surface area contributed by atoms with Crippen LogP contribution in [0.5, 0.6) is 0 Å². The van der Waals surface area contributed by atoms with E-state index in [1.807, 2.05) is 6.07 Å². The van der Waals surface area contributed by atoms with E-state index in [4.69, 9.17) is 21.1 Å². The topological polar surface area (TPSA) is 67.9 Å². The Hall–Kier alpha value is -1.79. The number of nitrogens with one attached hydrogen (secondary N) is 1. The van der Waals surface area contributed by atoms with Crippen LogP contribution in [-0.4, -0.2) is 56.7 Å². The maximum Gasteiger partial charge on any atom is 0.325 e. The molecule has 0 spiro atoms. The Kier molecular flexibility index (Phi) is 8.32. The van der Waals surface area contributed by atoms with Crippen LogP contribution in [0.15, 0.2) is 24.3 Å². The summed E-state index contributed by atoms with van der Waals surface area (Å²) in [6.45, 7) is 2.60. The summed E-state index contributed by atoms with van der Waals surface area (Å²) in [5.41, 5.74) is 0.667. The van der Waals surface area contributed by atoms with Gasteiger partial charge in [0.1, 0.15) is 6.54 Å². The third-order valence-corrected chi connectivity index (χ3v) is 3.18. The zero-order valence-corrected chi connectivity index (χ0v) is 13.6. The van der Waals surface area contributed by atoms with E-state index in [9.17, 15) is 9.59 Å². The second-order valence-electron chi connectivity index (χ2n) is 4.45. The first-order valence-electron chi connectivity index (χ1n) is 6.99. The molecule has 1 amide bonds. The SMILES string of the molecule is CCOC(=O)CN(CCOC)C(=O)CNc1ccccc1Cl. The highest BCUT2D eigenvalue weighted by Crippen LogP contribution is 2.19. The number of anilines is 1. The second-order valence-corrected chi connectivity index (χ2v) is 4.85. The van der Waals surface area contributed by atoms with Crippen molar-refractivity contribution in [1.82, 2.24) is 4.90 Å². The van der Waals surface area contributed by atoms with Crippen LogP contribution < -0.4 is 5.32 Å². The second kappa shape index (κ2) is 10.0. The largest absolute Gasteiger partial charge is 0.465 e. The summed E-state index contributed by atoms with van der Waals surface area (Å²) in [4.78, 5) is 25.2. The Morgan fingerprint density at radius 2 is 2.05 bits per heavy atom. The van der Waals surface area contributed by atoms with Gasteiger partial charge in [0.05, 0.1) is 30.5 Å². The summed E-state index contributed by atoms with van der Waals surface area (Å²) in [6, 6.07) is 7.14. The first-order chi connectivity index (χ1) is 10.6. The number of halogens is 1. The van der Waals surface area contributed by atoms with E-state index in [2.05, 4.69) is 5.32 Å². The molecule has 1 N–H and O–H groups in total. The van der Waals surface area contributed by atoms with E-state index < -0.39 is 5.97 Å². The van der Waals surface area contributed by atoms with Gasteiger partial charge in [-0.1, -0.05) is 23.7 Å². The maximum atomic E-state index is 12.2. The minimum atomic E-state index is -0.440. The predicted octanol–water partition coefficient (Wildman–Crippen LogP) is 1.79. The molecule has 0 aromatic heterocycles. The fourth-order valence-corrected chi connectivity index (χ4v) is 1.95. The van der Waals surface area contributed by atoms with Crippen molar-refractivity contribution in [3.8, 4) is 0 Å². The van der Waals surface area contributed by atoms with Gasteiger partial charge in [-0.25, -0.2) is 0 Å².